The zero-order valence-corrected chi connectivity index (χ0v) is 11.5. The molecule has 0 spiro atoms. The van der Waals surface area contributed by atoms with E-state index in [0.717, 1.165) is 5.69 Å². The summed E-state index contributed by atoms with van der Waals surface area (Å²) in [6, 6.07) is 6.91. The van der Waals surface area contributed by atoms with Gasteiger partial charge in [0.05, 0.1) is 11.3 Å². The lowest BCUT2D eigenvalue weighted by Gasteiger charge is -2.09. The molecule has 0 unspecified atom stereocenters. The number of nitrogen functional groups attached to an aromatic ring is 1. The molecule has 0 saturated heterocycles. The highest BCUT2D eigenvalue weighted by atomic mass is 16.5. The monoisotopic (exact) mass is 274 g/mol. The Morgan fingerprint density at radius 1 is 1.40 bits per heavy atom. The van der Waals surface area contributed by atoms with E-state index < -0.39 is 5.91 Å². The minimum absolute atomic E-state index is 0.253. The second kappa shape index (κ2) is 5.64. The number of hydrogen-bond donors (Lipinski definition) is 2. The molecule has 0 aliphatic carbocycles. The number of hydrogen-bond acceptors (Lipinski definition) is 4. The van der Waals surface area contributed by atoms with E-state index >= 15 is 0 Å². The van der Waals surface area contributed by atoms with Crippen LogP contribution < -0.4 is 16.2 Å². The summed E-state index contributed by atoms with van der Waals surface area (Å²) in [5.74, 6) is -0.177. The molecule has 1 amide bonds. The van der Waals surface area contributed by atoms with Gasteiger partial charge in [-0.15, -0.1) is 0 Å². The molecule has 0 aliphatic rings. The number of primary amides is 1. The summed E-state index contributed by atoms with van der Waals surface area (Å²) in [7, 11) is 0. The van der Waals surface area contributed by atoms with Gasteiger partial charge in [0.25, 0.3) is 5.91 Å². The molecule has 2 aromatic rings. The number of benzene rings is 1. The van der Waals surface area contributed by atoms with E-state index in [4.69, 9.17) is 16.2 Å². The first-order valence-electron chi connectivity index (χ1n) is 6.33. The van der Waals surface area contributed by atoms with Crippen molar-refractivity contribution in [1.29, 1.82) is 0 Å². The molecule has 0 atom stereocenters. The molecule has 106 valence electrons. The van der Waals surface area contributed by atoms with Crippen molar-refractivity contribution in [3.8, 4) is 5.75 Å². The first-order valence-corrected chi connectivity index (χ1v) is 6.33. The fraction of sp³-hybridized carbons (Fsp3) is 0.286. The minimum Gasteiger partial charge on any atom is -0.486 e. The maximum absolute atomic E-state index is 11.3. The van der Waals surface area contributed by atoms with Crippen LogP contribution in [0, 0.1) is 0 Å². The molecule has 4 N–H and O–H groups in total. The van der Waals surface area contributed by atoms with Gasteiger partial charge in [-0.05, 0) is 32.0 Å². The molecule has 0 aliphatic heterocycles. The molecule has 2 rings (SSSR count). The van der Waals surface area contributed by atoms with Crippen LogP contribution in [0.1, 0.15) is 35.9 Å². The molecule has 0 fully saturated rings. The van der Waals surface area contributed by atoms with Crippen LogP contribution in [0.4, 0.5) is 5.69 Å². The number of nitrogens with zero attached hydrogens (tertiary/aromatic N) is 2. The van der Waals surface area contributed by atoms with Gasteiger partial charge in [0.1, 0.15) is 12.4 Å². The highest BCUT2D eigenvalue weighted by molar-refractivity contribution is 5.96. The van der Waals surface area contributed by atoms with Gasteiger partial charge in [-0.2, -0.15) is 5.10 Å². The standard InChI is InChI=1S/C14H18N4O2/c1-9(2)18-6-5-11(17-18)8-20-13-7-10(15)3-4-12(13)14(16)19/h3-7,9H,8,15H2,1-2H3,(H2,16,19). The first kappa shape index (κ1) is 13.9. The van der Waals surface area contributed by atoms with Crippen molar-refractivity contribution in [2.24, 2.45) is 5.73 Å². The topological polar surface area (TPSA) is 96.2 Å². The molecule has 6 heteroatoms. The number of carbonyl (C=O) groups is 1. The third-order valence-corrected chi connectivity index (χ3v) is 2.84. The normalized spacial score (nSPS) is 10.8. The summed E-state index contributed by atoms with van der Waals surface area (Å²) in [4.78, 5) is 11.3. The molecular weight excluding hydrogens is 256 g/mol. The Hall–Kier alpha value is -2.50. The number of ether oxygens (including phenoxy) is 1. The smallest absolute Gasteiger partial charge is 0.252 e. The fourth-order valence-electron chi connectivity index (χ4n) is 1.76. The average Bonchev–Trinajstić information content (AvgIpc) is 2.85. The Kier molecular flexibility index (Phi) is 3.93. The number of aromatic nitrogens is 2. The summed E-state index contributed by atoms with van der Waals surface area (Å²) in [6.45, 7) is 4.34. The van der Waals surface area contributed by atoms with Gasteiger partial charge >= 0.3 is 0 Å². The van der Waals surface area contributed by atoms with Crippen molar-refractivity contribution in [2.45, 2.75) is 26.5 Å². The van der Waals surface area contributed by atoms with Crippen molar-refractivity contribution < 1.29 is 9.53 Å². The lowest BCUT2D eigenvalue weighted by atomic mass is 10.1. The van der Waals surface area contributed by atoms with Crippen molar-refractivity contribution >= 4 is 11.6 Å². The summed E-state index contributed by atoms with van der Waals surface area (Å²) in [6.07, 6.45) is 1.89. The Bertz CT molecular complexity index is 619. The lowest BCUT2D eigenvalue weighted by molar-refractivity contribution is 0.0996. The van der Waals surface area contributed by atoms with Gasteiger partial charge in [0.15, 0.2) is 0 Å². The quantitative estimate of drug-likeness (QED) is 0.811. The van der Waals surface area contributed by atoms with Gasteiger partial charge in [0, 0.05) is 24.0 Å². The molecule has 6 nitrogen and oxygen atoms in total. The van der Waals surface area contributed by atoms with Gasteiger partial charge in [-0.1, -0.05) is 0 Å². The second-order valence-corrected chi connectivity index (χ2v) is 4.79. The van der Waals surface area contributed by atoms with E-state index in [-0.39, 0.29) is 12.6 Å². The number of nitrogens with two attached hydrogens (primary N) is 2. The minimum atomic E-state index is -0.548. The van der Waals surface area contributed by atoms with Crippen LogP contribution in [0.25, 0.3) is 0 Å². The molecule has 20 heavy (non-hydrogen) atoms. The summed E-state index contributed by atoms with van der Waals surface area (Å²) < 4.78 is 7.44. The van der Waals surface area contributed by atoms with Crippen molar-refractivity contribution in [3.63, 3.8) is 0 Å². The maximum Gasteiger partial charge on any atom is 0.252 e. The van der Waals surface area contributed by atoms with Crippen LogP contribution in [-0.2, 0) is 6.61 Å². The Morgan fingerprint density at radius 2 is 2.15 bits per heavy atom. The molecule has 0 bridgehead atoms. The van der Waals surface area contributed by atoms with Crippen LogP contribution >= 0.6 is 0 Å². The second-order valence-electron chi connectivity index (χ2n) is 4.79. The Morgan fingerprint density at radius 3 is 2.75 bits per heavy atom. The summed E-state index contributed by atoms with van der Waals surface area (Å²) in [5.41, 5.74) is 12.6. The van der Waals surface area contributed by atoms with E-state index in [1.54, 1.807) is 18.2 Å². The molecule has 1 aromatic heterocycles. The molecule has 1 aromatic carbocycles. The number of anilines is 1. The van der Waals surface area contributed by atoms with E-state index in [9.17, 15) is 4.79 Å². The Balaban J connectivity index is 2.13. The molecule has 0 saturated carbocycles. The Labute approximate surface area is 117 Å². The van der Waals surface area contributed by atoms with Crippen molar-refractivity contribution in [1.82, 2.24) is 9.78 Å². The predicted octanol–water partition coefficient (Wildman–Crippen LogP) is 1.72. The van der Waals surface area contributed by atoms with Crippen LogP contribution in [0.3, 0.4) is 0 Å². The molecule has 0 radical (unpaired) electrons. The fourth-order valence-corrected chi connectivity index (χ4v) is 1.76. The van der Waals surface area contributed by atoms with Crippen LogP contribution in [0.5, 0.6) is 5.75 Å². The average molecular weight is 274 g/mol. The maximum atomic E-state index is 11.3. The summed E-state index contributed by atoms with van der Waals surface area (Å²) in [5, 5.41) is 4.37. The highest BCUT2D eigenvalue weighted by Crippen LogP contribution is 2.22. The number of rotatable bonds is 5. The predicted molar refractivity (Wildman–Crippen MR) is 76.3 cm³/mol. The van der Waals surface area contributed by atoms with E-state index in [1.165, 1.54) is 0 Å². The highest BCUT2D eigenvalue weighted by Gasteiger charge is 2.11. The van der Waals surface area contributed by atoms with Crippen LogP contribution in [-0.4, -0.2) is 15.7 Å². The summed E-state index contributed by atoms with van der Waals surface area (Å²) >= 11 is 0. The number of amides is 1. The van der Waals surface area contributed by atoms with Crippen LogP contribution in [0.15, 0.2) is 30.5 Å². The van der Waals surface area contributed by atoms with Gasteiger partial charge < -0.3 is 16.2 Å². The van der Waals surface area contributed by atoms with Gasteiger partial charge in [-0.25, -0.2) is 0 Å². The van der Waals surface area contributed by atoms with Crippen molar-refractivity contribution in [3.05, 3.63) is 41.7 Å². The van der Waals surface area contributed by atoms with Gasteiger partial charge in [0.2, 0.25) is 0 Å². The zero-order valence-electron chi connectivity index (χ0n) is 11.5. The third-order valence-electron chi connectivity index (χ3n) is 2.84. The van der Waals surface area contributed by atoms with Crippen molar-refractivity contribution in [2.75, 3.05) is 5.73 Å². The van der Waals surface area contributed by atoms with Crippen LogP contribution in [0.2, 0.25) is 0 Å². The van der Waals surface area contributed by atoms with E-state index in [0.29, 0.717) is 17.0 Å². The molecule has 1 heterocycles. The van der Waals surface area contributed by atoms with E-state index in [2.05, 4.69) is 5.10 Å². The largest absolute Gasteiger partial charge is 0.486 e. The third kappa shape index (κ3) is 3.09. The molecular formula is C14H18N4O2. The number of carbonyl (C=O) groups excluding carboxylic acids is 1. The van der Waals surface area contributed by atoms with Gasteiger partial charge in [-0.3, -0.25) is 9.48 Å². The lowest BCUT2D eigenvalue weighted by Crippen LogP contribution is -2.13. The SMILES string of the molecule is CC(C)n1ccc(COc2cc(N)ccc2C(N)=O)n1. The first-order chi connectivity index (χ1) is 9.47. The zero-order chi connectivity index (χ0) is 14.7. The van der Waals surface area contributed by atoms with E-state index in [1.807, 2.05) is 30.8 Å².